The van der Waals surface area contributed by atoms with Crippen molar-refractivity contribution >= 4 is 21.8 Å². The lowest BCUT2D eigenvalue weighted by molar-refractivity contribution is 1.20. The second-order valence-electron chi connectivity index (χ2n) is 7.29. The molecule has 1 heterocycles. The predicted molar refractivity (Wildman–Crippen MR) is 120 cm³/mol. The van der Waals surface area contributed by atoms with Gasteiger partial charge in [-0.3, -0.25) is 0 Å². The minimum atomic E-state index is 0.773. The Hall–Kier alpha value is -3.83. The second kappa shape index (κ2) is 7.66. The number of hydrogen-bond acceptors (Lipinski definition) is 1. The van der Waals surface area contributed by atoms with E-state index < -0.39 is 0 Å². The van der Waals surface area contributed by atoms with Crippen molar-refractivity contribution in [2.24, 2.45) is 0 Å². The summed E-state index contributed by atoms with van der Waals surface area (Å²) in [5.74, 6) is 6.60. The average molecular weight is 372 g/mol. The van der Waals surface area contributed by atoms with E-state index in [1.54, 1.807) is 6.33 Å². The third kappa shape index (κ3) is 3.90. The largest absolute Gasteiger partial charge is 0.345 e. The highest BCUT2D eigenvalue weighted by atomic mass is 14.9. The molecular weight excluding hydrogens is 352 g/mol. The van der Waals surface area contributed by atoms with Crippen LogP contribution in [0.1, 0.15) is 22.3 Å². The molecule has 2 nitrogen and oxygen atoms in total. The van der Waals surface area contributed by atoms with E-state index in [4.69, 9.17) is 0 Å². The molecule has 1 N–H and O–H groups in total. The van der Waals surface area contributed by atoms with Crippen LogP contribution in [0.4, 0.5) is 0 Å². The number of nitrogens with one attached hydrogen (secondary N) is 1. The maximum Gasteiger partial charge on any atom is 0.0931 e. The van der Waals surface area contributed by atoms with Gasteiger partial charge in [-0.1, -0.05) is 72.5 Å². The van der Waals surface area contributed by atoms with Crippen LogP contribution >= 0.6 is 0 Å². The average Bonchev–Trinajstić information content (AvgIpc) is 3.22. The van der Waals surface area contributed by atoms with Crippen LogP contribution in [0.15, 0.2) is 91.3 Å². The summed E-state index contributed by atoms with van der Waals surface area (Å²) in [6, 6.07) is 29.9. The van der Waals surface area contributed by atoms with Crippen molar-refractivity contribution in [1.82, 2.24) is 9.97 Å². The van der Waals surface area contributed by atoms with Crippen LogP contribution in [0.5, 0.6) is 0 Å². The number of H-pyrrole nitrogens is 1. The molecule has 0 amide bonds. The number of fused-ring (bicyclic) bond motifs is 2. The molecule has 29 heavy (non-hydrogen) atoms. The molecule has 0 unspecified atom stereocenters. The molecule has 4 aromatic carbocycles. The van der Waals surface area contributed by atoms with Gasteiger partial charge in [0.25, 0.3) is 0 Å². The summed E-state index contributed by atoms with van der Waals surface area (Å²) in [6.07, 6.45) is 3.41. The molecule has 0 saturated heterocycles. The predicted octanol–water partition coefficient (Wildman–Crippen LogP) is 5.90. The standard InChI is InChI=1S/C27H20N2/c1-2-5-20(6-3-1)7-4-8-21-9-12-24-13-10-22(17-25(24)16-21)15-23-11-14-26-27(18-23)29-19-28-26/h1-3,5-6,9-14,16-19H,7,15H2,(H,28,29). The number of rotatable bonds is 3. The number of imidazole rings is 1. The zero-order valence-corrected chi connectivity index (χ0v) is 16.0. The monoisotopic (exact) mass is 372 g/mol. The van der Waals surface area contributed by atoms with Crippen molar-refractivity contribution in [2.75, 3.05) is 0 Å². The summed E-state index contributed by atoms with van der Waals surface area (Å²) in [5.41, 5.74) is 6.97. The minimum Gasteiger partial charge on any atom is -0.345 e. The molecule has 0 radical (unpaired) electrons. The van der Waals surface area contributed by atoms with E-state index in [-0.39, 0.29) is 0 Å². The quantitative estimate of drug-likeness (QED) is 0.392. The first-order chi connectivity index (χ1) is 14.3. The van der Waals surface area contributed by atoms with Gasteiger partial charge < -0.3 is 4.98 Å². The van der Waals surface area contributed by atoms with E-state index >= 15 is 0 Å². The van der Waals surface area contributed by atoms with Gasteiger partial charge in [0.2, 0.25) is 0 Å². The van der Waals surface area contributed by atoms with Gasteiger partial charge >= 0.3 is 0 Å². The summed E-state index contributed by atoms with van der Waals surface area (Å²) < 4.78 is 0. The SMILES string of the molecule is C(#Cc1ccc2ccc(Cc3ccc4nc[nH]c4c3)cc2c1)Cc1ccccc1. The Kier molecular flexibility index (Phi) is 4.56. The molecule has 0 spiro atoms. The minimum absolute atomic E-state index is 0.773. The second-order valence-corrected chi connectivity index (χ2v) is 7.29. The summed E-state index contributed by atoms with van der Waals surface area (Å²) in [7, 11) is 0. The van der Waals surface area contributed by atoms with Gasteiger partial charge in [0, 0.05) is 12.0 Å². The number of aromatic nitrogens is 2. The van der Waals surface area contributed by atoms with Crippen LogP contribution in [0.2, 0.25) is 0 Å². The number of nitrogens with zero attached hydrogens (tertiary/aromatic N) is 1. The summed E-state index contributed by atoms with van der Waals surface area (Å²) >= 11 is 0. The molecular formula is C27H20N2. The first-order valence-corrected chi connectivity index (χ1v) is 9.81. The van der Waals surface area contributed by atoms with Crippen molar-refractivity contribution in [1.29, 1.82) is 0 Å². The molecule has 0 bridgehead atoms. The molecule has 5 rings (SSSR count). The van der Waals surface area contributed by atoms with Gasteiger partial charge in [-0.05, 0) is 58.1 Å². The molecule has 1 aromatic heterocycles. The van der Waals surface area contributed by atoms with E-state index in [0.29, 0.717) is 0 Å². The van der Waals surface area contributed by atoms with Crippen molar-refractivity contribution in [3.63, 3.8) is 0 Å². The lowest BCUT2D eigenvalue weighted by Gasteiger charge is -2.05. The zero-order chi connectivity index (χ0) is 19.5. The fourth-order valence-electron chi connectivity index (χ4n) is 3.66. The van der Waals surface area contributed by atoms with Crippen LogP contribution in [-0.4, -0.2) is 9.97 Å². The Morgan fingerprint density at radius 2 is 1.55 bits per heavy atom. The van der Waals surface area contributed by atoms with Gasteiger partial charge in [0.1, 0.15) is 0 Å². The van der Waals surface area contributed by atoms with Crippen molar-refractivity contribution in [3.05, 3.63) is 114 Å². The van der Waals surface area contributed by atoms with Crippen molar-refractivity contribution in [2.45, 2.75) is 12.8 Å². The Bertz CT molecular complexity index is 1350. The van der Waals surface area contributed by atoms with Crippen LogP contribution in [-0.2, 0) is 12.8 Å². The zero-order valence-electron chi connectivity index (χ0n) is 16.0. The molecule has 5 aromatic rings. The summed E-state index contributed by atoms with van der Waals surface area (Å²) in [6.45, 7) is 0. The molecule has 138 valence electrons. The summed E-state index contributed by atoms with van der Waals surface area (Å²) in [4.78, 5) is 7.48. The Morgan fingerprint density at radius 3 is 2.48 bits per heavy atom. The third-order valence-corrected chi connectivity index (χ3v) is 5.17. The number of hydrogen-bond donors (Lipinski definition) is 1. The van der Waals surface area contributed by atoms with Gasteiger partial charge in [-0.15, -0.1) is 0 Å². The Labute approximate surface area is 170 Å². The molecule has 0 atom stereocenters. The normalized spacial score (nSPS) is 10.8. The van der Waals surface area contributed by atoms with Gasteiger partial charge in [0.05, 0.1) is 17.4 Å². The Balaban J connectivity index is 1.39. The number of aromatic amines is 1. The van der Waals surface area contributed by atoms with Crippen molar-refractivity contribution in [3.8, 4) is 11.8 Å². The maximum absolute atomic E-state index is 4.29. The number of benzene rings is 4. The van der Waals surface area contributed by atoms with E-state index in [1.807, 2.05) is 6.07 Å². The maximum atomic E-state index is 4.29. The van der Waals surface area contributed by atoms with E-state index in [0.717, 1.165) is 29.4 Å². The van der Waals surface area contributed by atoms with E-state index in [2.05, 4.69) is 101 Å². The smallest absolute Gasteiger partial charge is 0.0931 e. The highest BCUT2D eigenvalue weighted by Gasteiger charge is 2.02. The topological polar surface area (TPSA) is 28.7 Å². The van der Waals surface area contributed by atoms with Gasteiger partial charge in [-0.2, -0.15) is 0 Å². The summed E-state index contributed by atoms with van der Waals surface area (Å²) in [5, 5.41) is 2.48. The van der Waals surface area contributed by atoms with Gasteiger partial charge in [-0.25, -0.2) is 4.98 Å². The molecule has 0 aliphatic rings. The highest BCUT2D eigenvalue weighted by molar-refractivity contribution is 5.84. The fourth-order valence-corrected chi connectivity index (χ4v) is 3.66. The molecule has 0 aliphatic carbocycles. The molecule has 2 heteroatoms. The Morgan fingerprint density at radius 1 is 0.724 bits per heavy atom. The van der Waals surface area contributed by atoms with Crippen LogP contribution in [0, 0.1) is 11.8 Å². The van der Waals surface area contributed by atoms with Gasteiger partial charge in [0.15, 0.2) is 0 Å². The van der Waals surface area contributed by atoms with Crippen LogP contribution in [0.25, 0.3) is 21.8 Å². The molecule has 0 aliphatic heterocycles. The lowest BCUT2D eigenvalue weighted by atomic mass is 9.99. The van der Waals surface area contributed by atoms with Crippen molar-refractivity contribution < 1.29 is 0 Å². The van der Waals surface area contributed by atoms with Crippen LogP contribution in [0.3, 0.4) is 0 Å². The molecule has 0 fully saturated rings. The molecule has 0 saturated carbocycles. The highest BCUT2D eigenvalue weighted by Crippen LogP contribution is 2.21. The third-order valence-electron chi connectivity index (χ3n) is 5.17. The van der Waals surface area contributed by atoms with Crippen LogP contribution < -0.4 is 0 Å². The lowest BCUT2D eigenvalue weighted by Crippen LogP contribution is -1.89. The fraction of sp³-hybridized carbons (Fsp3) is 0.0741. The van der Waals surface area contributed by atoms with E-state index in [9.17, 15) is 0 Å². The first kappa shape index (κ1) is 17.3. The van der Waals surface area contributed by atoms with E-state index in [1.165, 1.54) is 27.5 Å². The first-order valence-electron chi connectivity index (χ1n) is 9.81.